The summed E-state index contributed by atoms with van der Waals surface area (Å²) in [7, 11) is -9.82. The summed E-state index contributed by atoms with van der Waals surface area (Å²) in [5, 5.41) is 20.8. The molecule has 0 aliphatic carbocycles. The van der Waals surface area contributed by atoms with E-state index in [0.717, 1.165) is 148 Å². The van der Waals surface area contributed by atoms with Crippen LogP contribution in [0.3, 0.4) is 0 Å². The van der Waals surface area contributed by atoms with Gasteiger partial charge in [-0.25, -0.2) is 9.13 Å². The zero-order chi connectivity index (χ0) is 96.4. The Labute approximate surface area is 815 Å². The monoisotopic (exact) mass is 1900 g/mol. The molecule has 0 rings (SSSR count). The lowest BCUT2D eigenvalue weighted by atomic mass is 10.0. The van der Waals surface area contributed by atoms with Crippen molar-refractivity contribution in [1.82, 2.24) is 0 Å². The van der Waals surface area contributed by atoms with Crippen molar-refractivity contribution in [2.75, 3.05) is 39.6 Å². The molecule has 0 radical (unpaired) electrons. The van der Waals surface area contributed by atoms with Crippen LogP contribution < -0.4 is 0 Å². The van der Waals surface area contributed by atoms with Crippen molar-refractivity contribution >= 4 is 33.6 Å². The number of phosphoric acid groups is 2. The maximum atomic E-state index is 13.1. The summed E-state index contributed by atoms with van der Waals surface area (Å²) in [6.07, 6.45) is 140. The third-order valence-electron chi connectivity index (χ3n) is 23.4. The molecule has 4 N–H and O–H groups in total. The standard InChI is InChI=1S/C115H200O16P2/c1-4-7-10-13-16-19-22-25-28-31-34-37-40-43-46-49-51-53-54-56-58-60-62-65-68-71-74-77-80-83-86-89-92-95-98-101-113(118)125-104-110(116)105-127-132(121,122)128-106-111(117)107-129-133(123,124)130-109-112(131-115(120)103-100-97-94-91-88-85-82-79-76-73-70-67-64-59-48-45-42-39-36-33-30-27-24-21-18-15-12-9-6-3)108-126-114(119)102-99-96-93-90-87-84-81-78-75-72-69-66-63-61-57-55-52-50-47-44-41-38-35-32-29-26-23-20-17-14-11-8-5-2/h9,12,16-21,25-30,34-39,43-48,64,67,110-112,116-117H,4-8,10-11,13-15,22-24,31-33,40-42,49-63,65-66,68-109H2,1-3H3,(H,121,122)(H,123,124)/b12-9-,19-16-,20-17-,21-18-,28-25-,29-26-,30-27-,37-34-,38-35-,39-36-,46-43-,47-44-,48-45-,67-64-. The molecule has 18 heteroatoms. The van der Waals surface area contributed by atoms with Gasteiger partial charge in [-0.15, -0.1) is 0 Å². The van der Waals surface area contributed by atoms with Gasteiger partial charge < -0.3 is 34.2 Å². The van der Waals surface area contributed by atoms with Crippen molar-refractivity contribution in [2.24, 2.45) is 0 Å². The number of hydrogen-bond donors (Lipinski definition) is 4. The first-order chi connectivity index (χ1) is 65.2. The summed E-state index contributed by atoms with van der Waals surface area (Å²) in [6.45, 7) is 2.60. The summed E-state index contributed by atoms with van der Waals surface area (Å²) in [4.78, 5) is 59.3. The molecular formula is C115H200O16P2. The lowest BCUT2D eigenvalue weighted by Gasteiger charge is -2.21. The number of unbranched alkanes of at least 4 members (excludes halogenated alkanes) is 52. The van der Waals surface area contributed by atoms with Crippen LogP contribution in [0.15, 0.2) is 170 Å². The number of phosphoric ester groups is 2. The van der Waals surface area contributed by atoms with Gasteiger partial charge in [0.15, 0.2) is 6.10 Å². The Hall–Kier alpha value is -5.09. The highest BCUT2D eigenvalue weighted by Gasteiger charge is 2.30. The number of aliphatic hydroxyl groups excluding tert-OH is 2. The Bertz CT molecular complexity index is 3100. The first-order valence-electron chi connectivity index (χ1n) is 54.4. The van der Waals surface area contributed by atoms with E-state index in [1.807, 2.05) is 0 Å². The van der Waals surface area contributed by atoms with E-state index < -0.39 is 91.5 Å². The lowest BCUT2D eigenvalue weighted by Crippen LogP contribution is -2.30. The molecule has 766 valence electrons. The van der Waals surface area contributed by atoms with Gasteiger partial charge in [-0.2, -0.15) is 0 Å². The molecule has 0 spiro atoms. The van der Waals surface area contributed by atoms with Gasteiger partial charge in [-0.1, -0.05) is 473 Å². The van der Waals surface area contributed by atoms with E-state index in [0.29, 0.717) is 19.3 Å². The second-order valence-electron chi connectivity index (χ2n) is 36.4. The van der Waals surface area contributed by atoms with E-state index in [1.165, 1.54) is 276 Å². The van der Waals surface area contributed by atoms with Gasteiger partial charge in [0.1, 0.15) is 25.4 Å². The van der Waals surface area contributed by atoms with Crippen LogP contribution in [0.4, 0.5) is 0 Å². The summed E-state index contributed by atoms with van der Waals surface area (Å²) in [6, 6.07) is 0. The van der Waals surface area contributed by atoms with Gasteiger partial charge in [0, 0.05) is 19.3 Å². The van der Waals surface area contributed by atoms with Gasteiger partial charge in [-0.05, 0) is 161 Å². The summed E-state index contributed by atoms with van der Waals surface area (Å²) in [5.74, 6) is -1.56. The first-order valence-corrected chi connectivity index (χ1v) is 57.4. The van der Waals surface area contributed by atoms with Crippen LogP contribution >= 0.6 is 15.6 Å². The number of ether oxygens (including phenoxy) is 3. The van der Waals surface area contributed by atoms with Gasteiger partial charge in [0.25, 0.3) is 0 Å². The van der Waals surface area contributed by atoms with Gasteiger partial charge in [0.2, 0.25) is 0 Å². The molecule has 0 bridgehead atoms. The highest BCUT2D eigenvalue weighted by atomic mass is 31.2. The molecule has 0 aliphatic rings. The predicted molar refractivity (Wildman–Crippen MR) is 565 cm³/mol. The van der Waals surface area contributed by atoms with Crippen molar-refractivity contribution in [3.63, 3.8) is 0 Å². The number of esters is 3. The lowest BCUT2D eigenvalue weighted by molar-refractivity contribution is -0.161. The van der Waals surface area contributed by atoms with E-state index in [-0.39, 0.29) is 19.3 Å². The SMILES string of the molecule is CC/C=C\C/C=C\C/C=C\C/C=C\C/C=C\C/C=C\CCCCCCCCCCCCC(=O)OC(COC(=O)CCCCCCCCCCCCCCCCCCC/C=C\C/C=C\C/C=C\C/C=C\CCCCC)COP(=O)(O)OCC(O)COP(=O)(O)OCC(O)COC(=O)CCCCCCCCCCCCCCCCCCCCC/C=C\C/C=C\C/C=C\C/C=C\CCCCC. The third-order valence-corrected chi connectivity index (χ3v) is 25.3. The number of carbonyl (C=O) groups excluding carboxylic acids is 3. The largest absolute Gasteiger partial charge is 0.472 e. The smallest absolute Gasteiger partial charge is 0.463 e. The number of carbonyl (C=O) groups is 3. The van der Waals surface area contributed by atoms with Gasteiger partial charge in [0.05, 0.1) is 26.4 Å². The van der Waals surface area contributed by atoms with Gasteiger partial charge >= 0.3 is 33.6 Å². The average molecular weight is 1900 g/mol. The molecule has 0 saturated carbocycles. The minimum absolute atomic E-state index is 0.0963. The Morgan fingerprint density at radius 3 is 0.632 bits per heavy atom. The molecule has 16 nitrogen and oxygen atoms in total. The second-order valence-corrected chi connectivity index (χ2v) is 39.3. The molecule has 0 aromatic carbocycles. The molecule has 0 aromatic heterocycles. The molecule has 0 aromatic rings. The van der Waals surface area contributed by atoms with Crippen LogP contribution in [-0.4, -0.2) is 95.9 Å². The first kappa shape index (κ1) is 128. The van der Waals surface area contributed by atoms with Crippen LogP contribution in [0.5, 0.6) is 0 Å². The quantitative estimate of drug-likeness (QED) is 0.0146. The fourth-order valence-corrected chi connectivity index (χ4v) is 16.8. The zero-order valence-corrected chi connectivity index (χ0v) is 86.9. The molecule has 133 heavy (non-hydrogen) atoms. The Balaban J connectivity index is 4.59. The topological polar surface area (TPSA) is 231 Å². The summed E-state index contributed by atoms with van der Waals surface area (Å²) >= 11 is 0. The highest BCUT2D eigenvalue weighted by molar-refractivity contribution is 7.47. The third kappa shape index (κ3) is 107. The van der Waals surface area contributed by atoms with Crippen LogP contribution in [0.25, 0.3) is 0 Å². The Kier molecular flexibility index (Phi) is 102. The van der Waals surface area contributed by atoms with Crippen molar-refractivity contribution in [2.45, 2.75) is 501 Å². The Morgan fingerprint density at radius 1 is 0.218 bits per heavy atom. The fraction of sp³-hybridized carbons (Fsp3) is 0.730. The second kappa shape index (κ2) is 106. The number of rotatable bonds is 103. The Morgan fingerprint density at radius 2 is 0.398 bits per heavy atom. The van der Waals surface area contributed by atoms with Crippen LogP contribution in [-0.2, 0) is 55.8 Å². The molecular weight excluding hydrogens is 1700 g/mol. The highest BCUT2D eigenvalue weighted by Crippen LogP contribution is 2.45. The van der Waals surface area contributed by atoms with Gasteiger partial charge in [-0.3, -0.25) is 32.5 Å². The predicted octanol–water partition coefficient (Wildman–Crippen LogP) is 34.9. The molecule has 0 saturated heterocycles. The van der Waals surface area contributed by atoms with Crippen molar-refractivity contribution in [3.05, 3.63) is 170 Å². The number of hydrogen-bond acceptors (Lipinski definition) is 14. The van der Waals surface area contributed by atoms with Crippen molar-refractivity contribution in [3.8, 4) is 0 Å². The van der Waals surface area contributed by atoms with Crippen molar-refractivity contribution in [1.29, 1.82) is 0 Å². The van der Waals surface area contributed by atoms with E-state index in [1.54, 1.807) is 0 Å². The summed E-state index contributed by atoms with van der Waals surface area (Å²) < 4.78 is 61.8. The molecule has 5 unspecified atom stereocenters. The maximum Gasteiger partial charge on any atom is 0.472 e. The molecule has 0 heterocycles. The average Bonchev–Trinajstić information content (AvgIpc) is 0.896. The van der Waals surface area contributed by atoms with Crippen LogP contribution in [0.1, 0.15) is 483 Å². The maximum absolute atomic E-state index is 13.1. The molecule has 0 amide bonds. The minimum Gasteiger partial charge on any atom is -0.463 e. The number of allylic oxidation sites excluding steroid dienone is 28. The number of aliphatic hydroxyl groups is 2. The zero-order valence-electron chi connectivity index (χ0n) is 85.1. The molecule has 0 fully saturated rings. The summed E-state index contributed by atoms with van der Waals surface area (Å²) in [5.41, 5.74) is 0. The fourth-order valence-electron chi connectivity index (χ4n) is 15.2. The van der Waals surface area contributed by atoms with Crippen LogP contribution in [0, 0.1) is 0 Å². The minimum atomic E-state index is -4.95. The van der Waals surface area contributed by atoms with E-state index in [9.17, 15) is 43.5 Å². The van der Waals surface area contributed by atoms with E-state index in [2.05, 4.69) is 191 Å². The van der Waals surface area contributed by atoms with Crippen LogP contribution in [0.2, 0.25) is 0 Å². The van der Waals surface area contributed by atoms with Crippen molar-refractivity contribution < 1.29 is 75.8 Å². The normalized spacial score (nSPS) is 14.2. The molecule has 5 atom stereocenters. The molecule has 0 aliphatic heterocycles. The van der Waals surface area contributed by atoms with E-state index >= 15 is 0 Å². The van der Waals surface area contributed by atoms with E-state index in [4.69, 9.17) is 32.3 Å².